The van der Waals surface area contributed by atoms with E-state index in [9.17, 15) is 9.59 Å². The summed E-state index contributed by atoms with van der Waals surface area (Å²) in [6.07, 6.45) is 0.249. The lowest BCUT2D eigenvalue weighted by atomic mass is 10.1. The molecule has 178 valence electrons. The van der Waals surface area contributed by atoms with Crippen molar-refractivity contribution in [2.24, 2.45) is 0 Å². The highest BCUT2D eigenvalue weighted by atomic mass is 16.5. The number of hydrogen-bond donors (Lipinski definition) is 1. The number of aromatic nitrogens is 2. The Kier molecular flexibility index (Phi) is 6.43. The molecule has 2 amide bonds. The third-order valence-corrected chi connectivity index (χ3v) is 6.31. The van der Waals surface area contributed by atoms with Gasteiger partial charge in [0.1, 0.15) is 0 Å². The van der Waals surface area contributed by atoms with Gasteiger partial charge in [-0.1, -0.05) is 53.7 Å². The zero-order chi connectivity index (χ0) is 24.2. The number of nitrogens with one attached hydrogen (secondary N) is 1. The van der Waals surface area contributed by atoms with Crippen LogP contribution in [0.1, 0.15) is 22.5 Å². The van der Waals surface area contributed by atoms with Crippen molar-refractivity contribution in [2.45, 2.75) is 13.3 Å². The van der Waals surface area contributed by atoms with Gasteiger partial charge in [-0.05, 0) is 25.1 Å². The summed E-state index contributed by atoms with van der Waals surface area (Å²) in [5.41, 5.74) is 4.05. The zero-order valence-electron chi connectivity index (χ0n) is 19.6. The number of pyridine rings is 1. The quantitative estimate of drug-likeness (QED) is 0.463. The summed E-state index contributed by atoms with van der Waals surface area (Å²) in [6, 6.07) is 21.6. The number of para-hydroxylation sites is 1. The molecule has 3 heterocycles. The molecule has 1 saturated heterocycles. The fourth-order valence-electron chi connectivity index (χ4n) is 4.42. The van der Waals surface area contributed by atoms with Crippen molar-refractivity contribution in [1.29, 1.82) is 0 Å². The van der Waals surface area contributed by atoms with Gasteiger partial charge in [0.15, 0.2) is 0 Å². The molecule has 5 rings (SSSR count). The van der Waals surface area contributed by atoms with Crippen LogP contribution in [-0.4, -0.2) is 59.6 Å². The van der Waals surface area contributed by atoms with Crippen LogP contribution in [0.25, 0.3) is 22.4 Å². The van der Waals surface area contributed by atoms with Crippen LogP contribution in [-0.2, 0) is 4.79 Å². The van der Waals surface area contributed by atoms with Gasteiger partial charge in [-0.15, -0.1) is 0 Å². The summed E-state index contributed by atoms with van der Waals surface area (Å²) in [5.74, 6) is -0.230. The maximum absolute atomic E-state index is 13.1. The topological polar surface area (TPSA) is 91.6 Å². The van der Waals surface area contributed by atoms with E-state index in [1.54, 1.807) is 13.0 Å². The predicted molar refractivity (Wildman–Crippen MR) is 134 cm³/mol. The van der Waals surface area contributed by atoms with Gasteiger partial charge >= 0.3 is 0 Å². The Morgan fingerprint density at radius 2 is 1.66 bits per heavy atom. The number of hydrogen-bond acceptors (Lipinski definition) is 6. The van der Waals surface area contributed by atoms with Crippen LogP contribution in [0.3, 0.4) is 0 Å². The molecule has 1 fully saturated rings. The number of amides is 2. The number of nitrogens with zero attached hydrogens (tertiary/aromatic N) is 4. The van der Waals surface area contributed by atoms with Gasteiger partial charge in [-0.25, -0.2) is 4.98 Å². The smallest absolute Gasteiger partial charge is 0.259 e. The highest BCUT2D eigenvalue weighted by molar-refractivity contribution is 6.07. The van der Waals surface area contributed by atoms with E-state index in [4.69, 9.17) is 4.52 Å². The first-order valence-electron chi connectivity index (χ1n) is 11.8. The van der Waals surface area contributed by atoms with Gasteiger partial charge in [0.2, 0.25) is 5.91 Å². The number of carbonyl (C=O) groups is 2. The third kappa shape index (κ3) is 4.87. The van der Waals surface area contributed by atoms with E-state index < -0.39 is 0 Å². The highest BCUT2D eigenvalue weighted by Crippen LogP contribution is 2.27. The van der Waals surface area contributed by atoms with Crippen LogP contribution in [0.2, 0.25) is 0 Å². The predicted octanol–water partition coefficient (Wildman–Crippen LogP) is 3.67. The Morgan fingerprint density at radius 3 is 2.37 bits per heavy atom. The van der Waals surface area contributed by atoms with E-state index in [1.165, 1.54) is 5.69 Å². The average molecular weight is 470 g/mol. The Labute approximate surface area is 203 Å². The molecular weight excluding hydrogens is 442 g/mol. The number of carbonyl (C=O) groups excluding carboxylic acids is 2. The lowest BCUT2D eigenvalue weighted by molar-refractivity contribution is -0.131. The molecule has 0 aliphatic carbocycles. The molecule has 35 heavy (non-hydrogen) atoms. The molecular formula is C27H27N5O3. The molecule has 4 aromatic rings. The van der Waals surface area contributed by atoms with Gasteiger partial charge in [0.25, 0.3) is 11.6 Å². The van der Waals surface area contributed by atoms with Gasteiger partial charge in [-0.3, -0.25) is 9.59 Å². The Balaban J connectivity index is 1.21. The SMILES string of the molecule is Cc1noc2nc(-c3ccccc3)cc(C(=O)NCCC(=O)N3CCN(c4ccccc4)CC3)c12. The van der Waals surface area contributed by atoms with Crippen molar-refractivity contribution in [2.75, 3.05) is 37.6 Å². The molecule has 1 N–H and O–H groups in total. The molecule has 0 atom stereocenters. The first-order valence-corrected chi connectivity index (χ1v) is 11.8. The Bertz CT molecular complexity index is 1330. The first kappa shape index (κ1) is 22.6. The van der Waals surface area contributed by atoms with Crippen LogP contribution in [0, 0.1) is 6.92 Å². The second-order valence-electron chi connectivity index (χ2n) is 8.58. The molecule has 1 aliphatic heterocycles. The van der Waals surface area contributed by atoms with Gasteiger partial charge in [0, 0.05) is 50.4 Å². The van der Waals surface area contributed by atoms with Gasteiger partial charge in [-0.2, -0.15) is 0 Å². The summed E-state index contributed by atoms with van der Waals surface area (Å²) in [5, 5.41) is 7.47. The van der Waals surface area contributed by atoms with Gasteiger partial charge < -0.3 is 19.6 Å². The van der Waals surface area contributed by atoms with Crippen molar-refractivity contribution in [3.05, 3.63) is 78.0 Å². The fourth-order valence-corrected chi connectivity index (χ4v) is 4.42. The van der Waals surface area contributed by atoms with Crippen molar-refractivity contribution >= 4 is 28.6 Å². The standard InChI is InChI=1S/C27H27N5O3/c1-19-25-22(18-23(29-27(25)35-30-19)20-8-4-2-5-9-20)26(34)28-13-12-24(33)32-16-14-31(15-17-32)21-10-6-3-7-11-21/h2-11,18H,12-17H2,1H3,(H,28,34). The molecule has 2 aromatic carbocycles. The molecule has 2 aromatic heterocycles. The minimum atomic E-state index is -0.275. The molecule has 0 bridgehead atoms. The summed E-state index contributed by atoms with van der Waals surface area (Å²) >= 11 is 0. The van der Waals surface area contributed by atoms with Crippen LogP contribution in [0.4, 0.5) is 5.69 Å². The van der Waals surface area contributed by atoms with Gasteiger partial charge in [0.05, 0.1) is 22.3 Å². The van der Waals surface area contributed by atoms with Crippen LogP contribution in [0.5, 0.6) is 0 Å². The zero-order valence-corrected chi connectivity index (χ0v) is 19.6. The minimum absolute atomic E-state index is 0.0454. The van der Waals surface area contributed by atoms with Crippen molar-refractivity contribution < 1.29 is 14.1 Å². The Morgan fingerprint density at radius 1 is 0.971 bits per heavy atom. The summed E-state index contributed by atoms with van der Waals surface area (Å²) in [6.45, 7) is 4.98. The number of rotatable bonds is 6. The monoisotopic (exact) mass is 469 g/mol. The molecule has 8 heteroatoms. The van der Waals surface area contributed by atoms with E-state index in [0.717, 1.165) is 18.7 Å². The molecule has 0 radical (unpaired) electrons. The summed E-state index contributed by atoms with van der Waals surface area (Å²) in [4.78, 5) is 34.5. The first-order chi connectivity index (χ1) is 17.1. The number of piperazine rings is 1. The van der Waals surface area contributed by atoms with E-state index in [2.05, 4.69) is 32.5 Å². The van der Waals surface area contributed by atoms with E-state index >= 15 is 0 Å². The average Bonchev–Trinajstić information content (AvgIpc) is 3.29. The Hall–Kier alpha value is -4.20. The third-order valence-electron chi connectivity index (χ3n) is 6.31. The maximum Gasteiger partial charge on any atom is 0.259 e. The van der Waals surface area contributed by atoms with Crippen LogP contribution < -0.4 is 10.2 Å². The minimum Gasteiger partial charge on any atom is -0.368 e. The largest absolute Gasteiger partial charge is 0.368 e. The van der Waals surface area contributed by atoms with Crippen molar-refractivity contribution in [3.63, 3.8) is 0 Å². The van der Waals surface area contributed by atoms with Crippen molar-refractivity contribution in [1.82, 2.24) is 20.4 Å². The summed E-state index contributed by atoms with van der Waals surface area (Å²) in [7, 11) is 0. The van der Waals surface area contributed by atoms with Crippen LogP contribution >= 0.6 is 0 Å². The van der Waals surface area contributed by atoms with Crippen molar-refractivity contribution in [3.8, 4) is 11.3 Å². The molecule has 1 aliphatic rings. The molecule has 0 unspecified atom stereocenters. The molecule has 8 nitrogen and oxygen atoms in total. The number of fused-ring (bicyclic) bond motifs is 1. The summed E-state index contributed by atoms with van der Waals surface area (Å²) < 4.78 is 5.36. The number of aryl methyl sites for hydroxylation is 1. The second-order valence-corrected chi connectivity index (χ2v) is 8.58. The molecule has 0 spiro atoms. The normalized spacial score (nSPS) is 13.7. The molecule has 0 saturated carbocycles. The lowest BCUT2D eigenvalue weighted by Crippen LogP contribution is -2.49. The number of benzene rings is 2. The van der Waals surface area contributed by atoms with E-state index in [0.29, 0.717) is 41.1 Å². The van der Waals surface area contributed by atoms with Crippen LogP contribution in [0.15, 0.2) is 71.3 Å². The van der Waals surface area contributed by atoms with E-state index in [-0.39, 0.29) is 24.8 Å². The maximum atomic E-state index is 13.1. The fraction of sp³-hybridized carbons (Fsp3) is 0.259. The lowest BCUT2D eigenvalue weighted by Gasteiger charge is -2.36. The van der Waals surface area contributed by atoms with E-state index in [1.807, 2.05) is 53.4 Å². The number of anilines is 1. The second kappa shape index (κ2) is 9.97. The highest BCUT2D eigenvalue weighted by Gasteiger charge is 2.22.